The Morgan fingerprint density at radius 1 is 1.31 bits per heavy atom. The van der Waals surface area contributed by atoms with Crippen molar-refractivity contribution in [2.24, 2.45) is 0 Å². The summed E-state index contributed by atoms with van der Waals surface area (Å²) in [6.45, 7) is 7.44. The van der Waals surface area contributed by atoms with Crippen LogP contribution in [0.5, 0.6) is 0 Å². The molecule has 0 aromatic carbocycles. The molecule has 0 atom stereocenters. The molecule has 90 valence electrons. The van der Waals surface area contributed by atoms with Crippen molar-refractivity contribution >= 4 is 0 Å². The number of aryl methyl sites for hydroxylation is 1. The molecule has 0 amide bonds. The summed E-state index contributed by atoms with van der Waals surface area (Å²) >= 11 is 0. The predicted octanol–water partition coefficient (Wildman–Crippen LogP) is 1.98. The zero-order valence-electron chi connectivity index (χ0n) is 10.3. The van der Waals surface area contributed by atoms with Gasteiger partial charge in [0.1, 0.15) is 0 Å². The molecule has 0 spiro atoms. The lowest BCUT2D eigenvalue weighted by Gasteiger charge is -2.19. The number of hydrogen-bond donors (Lipinski definition) is 1. The lowest BCUT2D eigenvalue weighted by atomic mass is 10.2. The van der Waals surface area contributed by atoms with Gasteiger partial charge in [-0.05, 0) is 45.0 Å². The first-order valence-electron chi connectivity index (χ1n) is 6.02. The summed E-state index contributed by atoms with van der Waals surface area (Å²) in [4.78, 5) is 6.86. The van der Waals surface area contributed by atoms with E-state index in [1.165, 1.54) is 0 Å². The molecule has 0 unspecified atom stereocenters. The van der Waals surface area contributed by atoms with Crippen LogP contribution in [0.15, 0.2) is 18.2 Å². The Hall–Kier alpha value is -0.930. The van der Waals surface area contributed by atoms with Gasteiger partial charge in [-0.15, -0.1) is 0 Å². The normalized spacial score (nSPS) is 11.0. The van der Waals surface area contributed by atoms with E-state index in [0.717, 1.165) is 43.9 Å². The molecule has 1 aromatic heterocycles. The summed E-state index contributed by atoms with van der Waals surface area (Å²) in [6, 6.07) is 6.15. The van der Waals surface area contributed by atoms with Crippen LogP contribution in [-0.4, -0.2) is 34.7 Å². The fourth-order valence-corrected chi connectivity index (χ4v) is 1.71. The second-order valence-corrected chi connectivity index (χ2v) is 4.07. The molecule has 1 aromatic rings. The third-order valence-corrected chi connectivity index (χ3v) is 2.66. The van der Waals surface area contributed by atoms with Gasteiger partial charge in [-0.25, -0.2) is 0 Å². The fraction of sp³-hybridized carbons (Fsp3) is 0.615. The Bertz CT molecular complexity index is 302. The van der Waals surface area contributed by atoms with E-state index in [1.807, 2.05) is 13.0 Å². The summed E-state index contributed by atoms with van der Waals surface area (Å²) in [7, 11) is 0. The van der Waals surface area contributed by atoms with Crippen molar-refractivity contribution in [2.45, 2.75) is 33.2 Å². The van der Waals surface area contributed by atoms with E-state index in [4.69, 9.17) is 5.11 Å². The molecule has 0 aliphatic heterocycles. The Balaban J connectivity index is 2.43. The Labute approximate surface area is 98.1 Å². The van der Waals surface area contributed by atoms with Gasteiger partial charge in [-0.3, -0.25) is 9.88 Å². The van der Waals surface area contributed by atoms with Crippen molar-refractivity contribution in [3.8, 4) is 0 Å². The van der Waals surface area contributed by atoms with E-state index >= 15 is 0 Å². The van der Waals surface area contributed by atoms with E-state index in [2.05, 4.69) is 28.9 Å². The quantitative estimate of drug-likeness (QED) is 0.717. The SMILES string of the molecule is CCN(CCCCO)Cc1cccc(C)n1. The molecule has 1 rings (SSSR count). The molecular weight excluding hydrogens is 200 g/mol. The van der Waals surface area contributed by atoms with Crippen LogP contribution in [0.25, 0.3) is 0 Å². The predicted molar refractivity (Wildman–Crippen MR) is 66.2 cm³/mol. The monoisotopic (exact) mass is 222 g/mol. The maximum absolute atomic E-state index is 8.75. The van der Waals surface area contributed by atoms with Gasteiger partial charge in [0.25, 0.3) is 0 Å². The van der Waals surface area contributed by atoms with E-state index in [1.54, 1.807) is 0 Å². The van der Waals surface area contributed by atoms with Crippen LogP contribution in [0.1, 0.15) is 31.2 Å². The number of aliphatic hydroxyl groups is 1. The summed E-state index contributed by atoms with van der Waals surface area (Å²) in [5.74, 6) is 0. The van der Waals surface area contributed by atoms with E-state index in [0.29, 0.717) is 6.61 Å². The molecule has 0 aliphatic rings. The maximum Gasteiger partial charge on any atom is 0.0547 e. The Kier molecular flexibility index (Phi) is 6.04. The van der Waals surface area contributed by atoms with E-state index < -0.39 is 0 Å². The number of hydrogen-bond acceptors (Lipinski definition) is 3. The minimum absolute atomic E-state index is 0.292. The van der Waals surface area contributed by atoms with Gasteiger partial charge in [0.05, 0.1) is 5.69 Å². The average molecular weight is 222 g/mol. The van der Waals surface area contributed by atoms with E-state index in [9.17, 15) is 0 Å². The molecule has 3 heteroatoms. The number of rotatable bonds is 7. The molecule has 0 saturated heterocycles. The molecule has 0 aliphatic carbocycles. The molecule has 3 nitrogen and oxygen atoms in total. The van der Waals surface area contributed by atoms with E-state index in [-0.39, 0.29) is 0 Å². The highest BCUT2D eigenvalue weighted by atomic mass is 16.2. The van der Waals surface area contributed by atoms with Crippen LogP contribution < -0.4 is 0 Å². The van der Waals surface area contributed by atoms with Crippen LogP contribution in [0.3, 0.4) is 0 Å². The maximum atomic E-state index is 8.75. The van der Waals surface area contributed by atoms with Crippen molar-refractivity contribution in [3.63, 3.8) is 0 Å². The lowest BCUT2D eigenvalue weighted by molar-refractivity contribution is 0.242. The zero-order valence-corrected chi connectivity index (χ0v) is 10.3. The molecule has 1 N–H and O–H groups in total. The molecule has 0 saturated carbocycles. The average Bonchev–Trinajstić information content (AvgIpc) is 2.28. The minimum atomic E-state index is 0.292. The number of pyridine rings is 1. The van der Waals surface area contributed by atoms with Gasteiger partial charge in [0, 0.05) is 18.8 Å². The molecule has 16 heavy (non-hydrogen) atoms. The van der Waals surface area contributed by atoms with Crippen molar-refractivity contribution in [1.82, 2.24) is 9.88 Å². The van der Waals surface area contributed by atoms with Crippen molar-refractivity contribution in [1.29, 1.82) is 0 Å². The number of nitrogens with zero attached hydrogens (tertiary/aromatic N) is 2. The topological polar surface area (TPSA) is 36.4 Å². The smallest absolute Gasteiger partial charge is 0.0547 e. The molecule has 0 fully saturated rings. The summed E-state index contributed by atoms with van der Waals surface area (Å²) in [6.07, 6.45) is 1.94. The van der Waals surface area contributed by atoms with Crippen LogP contribution in [-0.2, 0) is 6.54 Å². The highest BCUT2D eigenvalue weighted by Crippen LogP contribution is 2.04. The second-order valence-electron chi connectivity index (χ2n) is 4.07. The third-order valence-electron chi connectivity index (χ3n) is 2.66. The second kappa shape index (κ2) is 7.36. The first-order chi connectivity index (χ1) is 7.76. The Morgan fingerprint density at radius 3 is 2.75 bits per heavy atom. The molecule has 0 bridgehead atoms. The Morgan fingerprint density at radius 2 is 2.12 bits per heavy atom. The largest absolute Gasteiger partial charge is 0.396 e. The van der Waals surface area contributed by atoms with Gasteiger partial charge in [0.2, 0.25) is 0 Å². The highest BCUT2D eigenvalue weighted by Gasteiger charge is 2.04. The fourth-order valence-electron chi connectivity index (χ4n) is 1.71. The van der Waals surface area contributed by atoms with Crippen LogP contribution in [0, 0.1) is 6.92 Å². The van der Waals surface area contributed by atoms with Crippen LogP contribution >= 0.6 is 0 Å². The van der Waals surface area contributed by atoms with Crippen molar-refractivity contribution < 1.29 is 5.11 Å². The highest BCUT2D eigenvalue weighted by molar-refractivity contribution is 5.09. The van der Waals surface area contributed by atoms with Gasteiger partial charge < -0.3 is 5.11 Å². The van der Waals surface area contributed by atoms with Crippen molar-refractivity contribution in [3.05, 3.63) is 29.6 Å². The number of unbranched alkanes of at least 4 members (excludes halogenated alkanes) is 1. The summed E-state index contributed by atoms with van der Waals surface area (Å²) < 4.78 is 0. The third kappa shape index (κ3) is 4.73. The van der Waals surface area contributed by atoms with Gasteiger partial charge in [-0.1, -0.05) is 13.0 Å². The molecular formula is C13H22N2O. The van der Waals surface area contributed by atoms with Crippen LogP contribution in [0.2, 0.25) is 0 Å². The van der Waals surface area contributed by atoms with Crippen molar-refractivity contribution in [2.75, 3.05) is 19.7 Å². The molecule has 1 heterocycles. The summed E-state index contributed by atoms with van der Waals surface area (Å²) in [5, 5.41) is 8.75. The zero-order chi connectivity index (χ0) is 11.8. The van der Waals surface area contributed by atoms with Crippen LogP contribution in [0.4, 0.5) is 0 Å². The van der Waals surface area contributed by atoms with Gasteiger partial charge >= 0.3 is 0 Å². The minimum Gasteiger partial charge on any atom is -0.396 e. The number of aromatic nitrogens is 1. The first kappa shape index (κ1) is 13.1. The lowest BCUT2D eigenvalue weighted by Crippen LogP contribution is -2.24. The standard InChI is InChI=1S/C13H22N2O/c1-3-15(9-4-5-10-16)11-13-8-6-7-12(2)14-13/h6-8,16H,3-5,9-11H2,1-2H3. The summed E-state index contributed by atoms with van der Waals surface area (Å²) in [5.41, 5.74) is 2.20. The number of aliphatic hydroxyl groups excluding tert-OH is 1. The molecule has 0 radical (unpaired) electrons. The van der Waals surface area contributed by atoms with Gasteiger partial charge in [-0.2, -0.15) is 0 Å². The first-order valence-corrected chi connectivity index (χ1v) is 6.02. The van der Waals surface area contributed by atoms with Gasteiger partial charge in [0.15, 0.2) is 0 Å².